The highest BCUT2D eigenvalue weighted by Crippen LogP contribution is 2.28. The first-order valence-corrected chi connectivity index (χ1v) is 6.38. The zero-order valence-electron chi connectivity index (χ0n) is 10.4. The fourth-order valence-corrected chi connectivity index (χ4v) is 1.91. The summed E-state index contributed by atoms with van der Waals surface area (Å²) in [5.74, 6) is -0.0879. The molecule has 0 saturated heterocycles. The molecule has 1 aliphatic rings. The Morgan fingerprint density at radius 2 is 2.12 bits per heavy atom. The van der Waals surface area contributed by atoms with Crippen molar-refractivity contribution < 1.29 is 14.7 Å². The summed E-state index contributed by atoms with van der Waals surface area (Å²) >= 11 is 0. The summed E-state index contributed by atoms with van der Waals surface area (Å²) < 4.78 is 0. The number of carbonyl (C=O) groups is 2. The molecule has 2 N–H and O–H groups in total. The van der Waals surface area contributed by atoms with Crippen LogP contribution in [0.25, 0.3) is 0 Å². The monoisotopic (exact) mass is 242 g/mol. The van der Waals surface area contributed by atoms with E-state index in [1.54, 1.807) is 0 Å². The molecule has 17 heavy (non-hydrogen) atoms. The van der Waals surface area contributed by atoms with Gasteiger partial charge in [0.1, 0.15) is 0 Å². The van der Waals surface area contributed by atoms with Gasteiger partial charge < -0.3 is 15.3 Å². The lowest BCUT2D eigenvalue weighted by atomic mass is 9.83. The molecule has 98 valence electrons. The number of amides is 2. The van der Waals surface area contributed by atoms with E-state index in [-0.39, 0.29) is 19.0 Å². The SMILES string of the molecule is CCN(CCC(=O)O)C(=O)NCCC1CCC1. The number of aliphatic carboxylic acids is 1. The molecule has 0 aliphatic heterocycles. The second-order valence-electron chi connectivity index (χ2n) is 4.54. The average Bonchev–Trinajstić information content (AvgIpc) is 2.22. The third kappa shape index (κ3) is 5.06. The number of rotatable bonds is 7. The van der Waals surface area contributed by atoms with Crippen molar-refractivity contribution in [1.82, 2.24) is 10.2 Å². The molecule has 0 aromatic heterocycles. The summed E-state index contributed by atoms with van der Waals surface area (Å²) in [4.78, 5) is 23.7. The Morgan fingerprint density at radius 1 is 1.41 bits per heavy atom. The van der Waals surface area contributed by atoms with E-state index in [0.717, 1.165) is 12.3 Å². The predicted octanol–water partition coefficient (Wildman–Crippen LogP) is 1.68. The van der Waals surface area contributed by atoms with Gasteiger partial charge in [0, 0.05) is 19.6 Å². The number of urea groups is 1. The number of carboxylic acid groups (broad SMARTS) is 1. The molecule has 1 saturated carbocycles. The van der Waals surface area contributed by atoms with Gasteiger partial charge in [-0.05, 0) is 19.3 Å². The van der Waals surface area contributed by atoms with Crippen molar-refractivity contribution in [2.45, 2.75) is 39.0 Å². The van der Waals surface area contributed by atoms with Crippen LogP contribution in [0, 0.1) is 5.92 Å². The minimum absolute atomic E-state index is 0.00385. The largest absolute Gasteiger partial charge is 0.481 e. The van der Waals surface area contributed by atoms with Crippen LogP contribution in [0.3, 0.4) is 0 Å². The molecule has 0 aromatic carbocycles. The van der Waals surface area contributed by atoms with Crippen LogP contribution in [0.15, 0.2) is 0 Å². The van der Waals surface area contributed by atoms with Crippen molar-refractivity contribution in [3.63, 3.8) is 0 Å². The highest BCUT2D eigenvalue weighted by atomic mass is 16.4. The number of nitrogens with one attached hydrogen (secondary N) is 1. The Hall–Kier alpha value is -1.26. The van der Waals surface area contributed by atoms with Crippen molar-refractivity contribution in [2.75, 3.05) is 19.6 Å². The highest BCUT2D eigenvalue weighted by Gasteiger charge is 2.18. The normalized spacial score (nSPS) is 15.1. The van der Waals surface area contributed by atoms with Gasteiger partial charge in [0.25, 0.3) is 0 Å². The molecule has 1 aliphatic carbocycles. The molecular weight excluding hydrogens is 220 g/mol. The number of carboxylic acids is 1. The molecule has 0 radical (unpaired) electrons. The molecule has 5 heteroatoms. The van der Waals surface area contributed by atoms with Gasteiger partial charge in [-0.1, -0.05) is 19.3 Å². The first kappa shape index (κ1) is 13.8. The van der Waals surface area contributed by atoms with Gasteiger partial charge in [-0.3, -0.25) is 4.79 Å². The van der Waals surface area contributed by atoms with Gasteiger partial charge in [0.05, 0.1) is 6.42 Å². The van der Waals surface area contributed by atoms with Crippen LogP contribution in [-0.4, -0.2) is 41.6 Å². The van der Waals surface area contributed by atoms with Gasteiger partial charge >= 0.3 is 12.0 Å². The van der Waals surface area contributed by atoms with Gasteiger partial charge in [-0.2, -0.15) is 0 Å². The van der Waals surface area contributed by atoms with E-state index < -0.39 is 5.97 Å². The third-order valence-electron chi connectivity index (χ3n) is 3.32. The lowest BCUT2D eigenvalue weighted by Crippen LogP contribution is -2.41. The molecule has 1 rings (SSSR count). The maximum Gasteiger partial charge on any atom is 0.317 e. The summed E-state index contributed by atoms with van der Waals surface area (Å²) in [7, 11) is 0. The van der Waals surface area contributed by atoms with E-state index in [9.17, 15) is 9.59 Å². The minimum atomic E-state index is -0.870. The van der Waals surface area contributed by atoms with Gasteiger partial charge in [0.2, 0.25) is 0 Å². The quantitative estimate of drug-likeness (QED) is 0.713. The van der Waals surface area contributed by atoms with Crippen molar-refractivity contribution in [2.24, 2.45) is 5.92 Å². The Labute approximate surface area is 102 Å². The fourth-order valence-electron chi connectivity index (χ4n) is 1.91. The Kier molecular flexibility index (Phi) is 5.80. The predicted molar refractivity (Wildman–Crippen MR) is 64.9 cm³/mol. The smallest absolute Gasteiger partial charge is 0.317 e. The van der Waals surface area contributed by atoms with Gasteiger partial charge in [0.15, 0.2) is 0 Å². The third-order valence-corrected chi connectivity index (χ3v) is 3.32. The summed E-state index contributed by atoms with van der Waals surface area (Å²) in [6.07, 6.45) is 4.93. The van der Waals surface area contributed by atoms with Crippen LogP contribution in [0.2, 0.25) is 0 Å². The average molecular weight is 242 g/mol. The van der Waals surface area contributed by atoms with Gasteiger partial charge in [-0.25, -0.2) is 4.79 Å². The van der Waals surface area contributed by atoms with E-state index in [2.05, 4.69) is 5.32 Å². The number of carbonyl (C=O) groups excluding carboxylic acids is 1. The molecule has 0 atom stereocenters. The van der Waals surface area contributed by atoms with E-state index in [4.69, 9.17) is 5.11 Å². The van der Waals surface area contributed by atoms with E-state index >= 15 is 0 Å². The first-order chi connectivity index (χ1) is 8.13. The number of nitrogens with zero attached hydrogens (tertiary/aromatic N) is 1. The van der Waals surface area contributed by atoms with E-state index in [1.807, 2.05) is 6.92 Å². The number of hydrogen-bond acceptors (Lipinski definition) is 2. The fraction of sp³-hybridized carbons (Fsp3) is 0.833. The van der Waals surface area contributed by atoms with Crippen LogP contribution >= 0.6 is 0 Å². The number of hydrogen-bond donors (Lipinski definition) is 2. The summed E-state index contributed by atoms with van der Waals surface area (Å²) in [5.41, 5.74) is 0. The van der Waals surface area contributed by atoms with Crippen molar-refractivity contribution in [1.29, 1.82) is 0 Å². The summed E-state index contributed by atoms with van der Waals surface area (Å²) in [6.45, 7) is 3.38. The highest BCUT2D eigenvalue weighted by molar-refractivity contribution is 5.75. The summed E-state index contributed by atoms with van der Waals surface area (Å²) in [6, 6.07) is -0.145. The van der Waals surface area contributed by atoms with Crippen LogP contribution in [0.1, 0.15) is 39.0 Å². The first-order valence-electron chi connectivity index (χ1n) is 6.38. The van der Waals surface area contributed by atoms with Crippen molar-refractivity contribution in [3.8, 4) is 0 Å². The standard InChI is InChI=1S/C12H22N2O3/c1-2-14(9-7-11(15)16)12(17)13-8-6-10-4-3-5-10/h10H,2-9H2,1H3,(H,13,17)(H,15,16). The van der Waals surface area contributed by atoms with E-state index in [0.29, 0.717) is 13.1 Å². The maximum atomic E-state index is 11.7. The Bertz CT molecular complexity index is 264. The van der Waals surface area contributed by atoms with Crippen LogP contribution < -0.4 is 5.32 Å². The molecule has 0 spiro atoms. The molecule has 0 heterocycles. The van der Waals surface area contributed by atoms with Crippen molar-refractivity contribution in [3.05, 3.63) is 0 Å². The molecular formula is C12H22N2O3. The zero-order valence-corrected chi connectivity index (χ0v) is 10.4. The molecule has 5 nitrogen and oxygen atoms in total. The lowest BCUT2D eigenvalue weighted by Gasteiger charge is -2.26. The second kappa shape index (κ2) is 7.14. The van der Waals surface area contributed by atoms with Crippen LogP contribution in [0.5, 0.6) is 0 Å². The second-order valence-corrected chi connectivity index (χ2v) is 4.54. The molecule has 0 unspecified atom stereocenters. The zero-order chi connectivity index (χ0) is 12.7. The lowest BCUT2D eigenvalue weighted by molar-refractivity contribution is -0.137. The maximum absolute atomic E-state index is 11.7. The van der Waals surface area contributed by atoms with Crippen molar-refractivity contribution >= 4 is 12.0 Å². The minimum Gasteiger partial charge on any atom is -0.481 e. The van der Waals surface area contributed by atoms with Crippen LogP contribution in [-0.2, 0) is 4.79 Å². The Morgan fingerprint density at radius 3 is 2.59 bits per heavy atom. The Balaban J connectivity index is 2.15. The van der Waals surface area contributed by atoms with Gasteiger partial charge in [-0.15, -0.1) is 0 Å². The molecule has 0 bridgehead atoms. The van der Waals surface area contributed by atoms with Crippen LogP contribution in [0.4, 0.5) is 4.79 Å². The molecule has 2 amide bonds. The summed E-state index contributed by atoms with van der Waals surface area (Å²) in [5, 5.41) is 11.4. The topological polar surface area (TPSA) is 69.6 Å². The van der Waals surface area contributed by atoms with E-state index in [1.165, 1.54) is 24.2 Å². The molecule has 1 fully saturated rings. The molecule has 0 aromatic rings.